The van der Waals surface area contributed by atoms with E-state index in [9.17, 15) is 0 Å². The van der Waals surface area contributed by atoms with Gasteiger partial charge in [0.2, 0.25) is 0 Å². The van der Waals surface area contributed by atoms with Gasteiger partial charge >= 0.3 is 0 Å². The highest BCUT2D eigenvalue weighted by Gasteiger charge is 2.02. The van der Waals surface area contributed by atoms with E-state index in [1.54, 1.807) is 0 Å². The first-order valence-corrected chi connectivity index (χ1v) is 8.45. The zero-order chi connectivity index (χ0) is 17.2. The van der Waals surface area contributed by atoms with Gasteiger partial charge in [0.1, 0.15) is 0 Å². The van der Waals surface area contributed by atoms with E-state index >= 15 is 0 Å². The number of fused-ring (bicyclic) bond motifs is 2. The molecule has 1 aromatic heterocycles. The first kappa shape index (κ1) is 15.4. The number of para-hydroxylation sites is 2. The van der Waals surface area contributed by atoms with E-state index in [1.165, 1.54) is 22.0 Å². The monoisotopic (exact) mass is 324 g/mol. The van der Waals surface area contributed by atoms with Crippen molar-refractivity contribution in [3.63, 3.8) is 0 Å². The maximum absolute atomic E-state index is 4.87. The maximum Gasteiger partial charge on any atom is 0.0782 e. The Labute approximate surface area is 148 Å². The molecule has 3 aromatic carbocycles. The summed E-state index contributed by atoms with van der Waals surface area (Å²) in [5.74, 6) is 0. The van der Waals surface area contributed by atoms with Crippen molar-refractivity contribution in [2.24, 2.45) is 0 Å². The smallest absolute Gasteiger partial charge is 0.0782 e. The minimum absolute atomic E-state index is 1.03. The molecule has 0 aliphatic carbocycles. The molecule has 0 atom stereocenters. The van der Waals surface area contributed by atoms with Crippen LogP contribution in [0.25, 0.3) is 34.0 Å². The Kier molecular flexibility index (Phi) is 3.95. The number of pyridine rings is 1. The number of benzene rings is 3. The van der Waals surface area contributed by atoms with E-state index in [4.69, 9.17) is 4.98 Å². The summed E-state index contributed by atoms with van der Waals surface area (Å²) in [6, 6.07) is 25.3. The second-order valence-electron chi connectivity index (χ2n) is 6.42. The van der Waals surface area contributed by atoms with Gasteiger partial charge in [-0.15, -0.1) is 0 Å². The van der Waals surface area contributed by atoms with E-state index in [-0.39, 0.29) is 0 Å². The number of aromatic nitrogens is 1. The lowest BCUT2D eigenvalue weighted by Crippen LogP contribution is -2.07. The molecule has 0 spiro atoms. The van der Waals surface area contributed by atoms with Gasteiger partial charge in [-0.3, -0.25) is 0 Å². The summed E-state index contributed by atoms with van der Waals surface area (Å²) < 4.78 is 0. The van der Waals surface area contributed by atoms with Gasteiger partial charge in [-0.25, -0.2) is 4.98 Å². The fourth-order valence-electron chi connectivity index (χ4n) is 3.03. The van der Waals surface area contributed by atoms with Crippen molar-refractivity contribution < 1.29 is 0 Å². The normalized spacial score (nSPS) is 11.4. The summed E-state index contributed by atoms with van der Waals surface area (Å²) in [5.41, 5.74) is 5.60. The quantitative estimate of drug-likeness (QED) is 0.359. The average molecular weight is 324 g/mol. The van der Waals surface area contributed by atoms with Gasteiger partial charge in [0.25, 0.3) is 0 Å². The van der Waals surface area contributed by atoms with Crippen molar-refractivity contribution in [1.82, 2.24) is 4.98 Å². The Bertz CT molecular complexity index is 1060. The predicted octanol–water partition coefficient (Wildman–Crippen LogP) is 5.62. The van der Waals surface area contributed by atoms with E-state index in [2.05, 4.69) is 97.9 Å². The molecule has 0 fully saturated rings. The van der Waals surface area contributed by atoms with Crippen LogP contribution < -0.4 is 4.90 Å². The molecule has 0 saturated heterocycles. The molecule has 0 bridgehead atoms. The molecule has 25 heavy (non-hydrogen) atoms. The largest absolute Gasteiger partial charge is 0.378 e. The van der Waals surface area contributed by atoms with Crippen LogP contribution in [-0.2, 0) is 0 Å². The molecule has 0 radical (unpaired) electrons. The first-order valence-electron chi connectivity index (χ1n) is 8.45. The summed E-state index contributed by atoms with van der Waals surface area (Å²) in [5, 5.41) is 2.35. The number of nitrogens with zero attached hydrogens (tertiary/aromatic N) is 2. The average Bonchev–Trinajstić information content (AvgIpc) is 2.65. The molecular weight excluding hydrogens is 304 g/mol. The molecule has 1 heterocycles. The lowest BCUT2D eigenvalue weighted by Gasteiger charge is -2.11. The van der Waals surface area contributed by atoms with Gasteiger partial charge in [0.15, 0.2) is 0 Å². The van der Waals surface area contributed by atoms with Crippen molar-refractivity contribution in [2.45, 2.75) is 0 Å². The van der Waals surface area contributed by atoms with Crippen LogP contribution in [0.2, 0.25) is 0 Å². The molecule has 0 aliphatic heterocycles. The van der Waals surface area contributed by atoms with Gasteiger partial charge in [0, 0.05) is 36.1 Å². The molecule has 4 aromatic rings. The topological polar surface area (TPSA) is 16.1 Å². The van der Waals surface area contributed by atoms with Crippen molar-refractivity contribution in [1.29, 1.82) is 0 Å². The minimum Gasteiger partial charge on any atom is -0.378 e. The van der Waals surface area contributed by atoms with Gasteiger partial charge in [-0.1, -0.05) is 60.7 Å². The zero-order valence-corrected chi connectivity index (χ0v) is 14.5. The van der Waals surface area contributed by atoms with E-state index < -0.39 is 0 Å². The SMILES string of the molecule is CN(C)c1ccc(/C=C/c2cccc3cc4ccccc4nc23)cc1. The molecule has 4 rings (SSSR count). The molecule has 2 heteroatoms. The van der Waals surface area contributed by atoms with E-state index in [0.29, 0.717) is 0 Å². The first-order chi connectivity index (χ1) is 12.2. The molecule has 0 unspecified atom stereocenters. The number of rotatable bonds is 3. The second-order valence-corrected chi connectivity index (χ2v) is 6.42. The summed E-state index contributed by atoms with van der Waals surface area (Å²) >= 11 is 0. The van der Waals surface area contributed by atoms with E-state index in [1.807, 2.05) is 6.07 Å². The minimum atomic E-state index is 1.03. The van der Waals surface area contributed by atoms with Crippen molar-refractivity contribution in [3.8, 4) is 0 Å². The fraction of sp³-hybridized carbons (Fsp3) is 0.0870. The number of hydrogen-bond donors (Lipinski definition) is 0. The van der Waals surface area contributed by atoms with Gasteiger partial charge in [-0.2, -0.15) is 0 Å². The van der Waals surface area contributed by atoms with Crippen LogP contribution in [0.15, 0.2) is 72.8 Å². The van der Waals surface area contributed by atoms with Crippen LogP contribution in [0.4, 0.5) is 5.69 Å². The Balaban J connectivity index is 1.74. The van der Waals surface area contributed by atoms with Gasteiger partial charge < -0.3 is 4.90 Å². The van der Waals surface area contributed by atoms with Crippen LogP contribution in [-0.4, -0.2) is 19.1 Å². The molecule has 0 saturated carbocycles. The molecule has 2 nitrogen and oxygen atoms in total. The zero-order valence-electron chi connectivity index (χ0n) is 14.5. The van der Waals surface area contributed by atoms with Gasteiger partial charge in [0.05, 0.1) is 11.0 Å². The molecule has 0 N–H and O–H groups in total. The summed E-state index contributed by atoms with van der Waals surface area (Å²) in [6.45, 7) is 0. The van der Waals surface area contributed by atoms with Gasteiger partial charge in [-0.05, 0) is 29.8 Å². The Morgan fingerprint density at radius 3 is 2.32 bits per heavy atom. The van der Waals surface area contributed by atoms with Crippen LogP contribution in [0.1, 0.15) is 11.1 Å². The highest BCUT2D eigenvalue weighted by molar-refractivity contribution is 5.97. The lowest BCUT2D eigenvalue weighted by atomic mass is 10.1. The molecule has 122 valence electrons. The van der Waals surface area contributed by atoms with Crippen LogP contribution in [0.5, 0.6) is 0 Å². The summed E-state index contributed by atoms with van der Waals surface area (Å²) in [6.07, 6.45) is 4.29. The fourth-order valence-corrected chi connectivity index (χ4v) is 3.03. The third-order valence-corrected chi connectivity index (χ3v) is 4.44. The van der Waals surface area contributed by atoms with Crippen LogP contribution >= 0.6 is 0 Å². The standard InChI is InChI=1S/C23H20N2/c1-25(2)21-14-11-17(12-15-21)10-13-18-7-5-8-20-16-19-6-3-4-9-22(19)24-23(18)20/h3-16H,1-2H3/b13-10+. The number of anilines is 1. The molecular formula is C23H20N2. The molecule has 0 amide bonds. The van der Waals surface area contributed by atoms with E-state index in [0.717, 1.165) is 16.6 Å². The maximum atomic E-state index is 4.87. The van der Waals surface area contributed by atoms with Crippen molar-refractivity contribution >= 4 is 39.6 Å². The van der Waals surface area contributed by atoms with Crippen LogP contribution in [0, 0.1) is 0 Å². The second kappa shape index (κ2) is 6.40. The molecule has 0 aliphatic rings. The van der Waals surface area contributed by atoms with Crippen LogP contribution in [0.3, 0.4) is 0 Å². The third-order valence-electron chi connectivity index (χ3n) is 4.44. The van der Waals surface area contributed by atoms with Crippen molar-refractivity contribution in [3.05, 3.63) is 83.9 Å². The summed E-state index contributed by atoms with van der Waals surface area (Å²) in [4.78, 5) is 6.97. The highest BCUT2D eigenvalue weighted by Crippen LogP contribution is 2.24. The van der Waals surface area contributed by atoms with Crippen molar-refractivity contribution in [2.75, 3.05) is 19.0 Å². The predicted molar refractivity (Wildman–Crippen MR) is 109 cm³/mol. The lowest BCUT2D eigenvalue weighted by molar-refractivity contribution is 1.13. The third kappa shape index (κ3) is 3.11. The summed E-state index contributed by atoms with van der Waals surface area (Å²) in [7, 11) is 4.11. The number of hydrogen-bond acceptors (Lipinski definition) is 2. The Morgan fingerprint density at radius 2 is 1.52 bits per heavy atom. The Hall–Kier alpha value is -3.13. The Morgan fingerprint density at radius 1 is 0.760 bits per heavy atom. The highest BCUT2D eigenvalue weighted by atomic mass is 15.1.